The van der Waals surface area contributed by atoms with Crippen molar-refractivity contribution in [2.75, 3.05) is 41.0 Å². The average Bonchev–Trinajstić information content (AvgIpc) is 3.01. The Hall–Kier alpha value is -2.65. The minimum Gasteiger partial charge on any atom is -0.454 e. The van der Waals surface area contributed by atoms with Crippen LogP contribution >= 0.6 is 0 Å². The second-order valence-corrected chi connectivity index (χ2v) is 5.81. The van der Waals surface area contributed by atoms with Crippen molar-refractivity contribution >= 4 is 11.9 Å². The number of nitrogens with one attached hydrogen (secondary N) is 1. The van der Waals surface area contributed by atoms with Crippen LogP contribution in [0.25, 0.3) is 0 Å². The van der Waals surface area contributed by atoms with E-state index in [0.717, 1.165) is 12.6 Å². The number of ether oxygens (including phenoxy) is 2. The molecule has 1 aliphatic rings. The molecule has 0 saturated carbocycles. The molecule has 0 bridgehead atoms. The first-order valence-corrected chi connectivity index (χ1v) is 7.80. The van der Waals surface area contributed by atoms with Gasteiger partial charge in [0.05, 0.1) is 6.54 Å². The monoisotopic (exact) mass is 374 g/mol. The van der Waals surface area contributed by atoms with Crippen LogP contribution in [-0.2, 0) is 11.3 Å². The van der Waals surface area contributed by atoms with Gasteiger partial charge in [-0.25, -0.2) is 0 Å². The first-order valence-electron chi connectivity index (χ1n) is 7.80. The number of hydrogen-bond donors (Lipinski definition) is 1. The van der Waals surface area contributed by atoms with Gasteiger partial charge in [-0.05, 0) is 17.7 Å². The number of halogens is 3. The smallest absolute Gasteiger partial charge is 0.406 e. The van der Waals surface area contributed by atoms with Gasteiger partial charge in [0.25, 0.3) is 0 Å². The van der Waals surface area contributed by atoms with Gasteiger partial charge in [-0.1, -0.05) is 6.07 Å². The van der Waals surface area contributed by atoms with Crippen molar-refractivity contribution in [2.24, 2.45) is 4.99 Å². The zero-order chi connectivity index (χ0) is 19.3. The molecule has 1 amide bonds. The second kappa shape index (κ2) is 8.15. The molecule has 7 nitrogen and oxygen atoms in total. The van der Waals surface area contributed by atoms with Crippen LogP contribution in [0.1, 0.15) is 5.56 Å². The predicted octanol–water partition coefficient (Wildman–Crippen LogP) is 1.44. The summed E-state index contributed by atoms with van der Waals surface area (Å²) < 4.78 is 47.6. The number of alkyl halides is 3. The third-order valence-corrected chi connectivity index (χ3v) is 3.67. The van der Waals surface area contributed by atoms with Crippen LogP contribution in [0.3, 0.4) is 0 Å². The van der Waals surface area contributed by atoms with Crippen molar-refractivity contribution < 1.29 is 27.4 Å². The summed E-state index contributed by atoms with van der Waals surface area (Å²) in [5.74, 6) is 1.04. The number of rotatable bonds is 5. The molecule has 1 aromatic rings. The van der Waals surface area contributed by atoms with E-state index in [1.165, 1.54) is 7.05 Å². The largest absolute Gasteiger partial charge is 0.454 e. The maximum Gasteiger partial charge on any atom is 0.406 e. The van der Waals surface area contributed by atoms with Crippen molar-refractivity contribution in [3.05, 3.63) is 23.8 Å². The summed E-state index contributed by atoms with van der Waals surface area (Å²) in [6.45, 7) is -0.932. The Labute approximate surface area is 149 Å². The number of amides is 1. The molecular weight excluding hydrogens is 353 g/mol. The lowest BCUT2D eigenvalue weighted by Crippen LogP contribution is -2.45. The van der Waals surface area contributed by atoms with E-state index >= 15 is 0 Å². The zero-order valence-corrected chi connectivity index (χ0v) is 14.8. The summed E-state index contributed by atoms with van der Waals surface area (Å²) in [4.78, 5) is 18.2. The summed E-state index contributed by atoms with van der Waals surface area (Å²) in [6, 6.07) is 5.52. The summed E-state index contributed by atoms with van der Waals surface area (Å²) >= 11 is 0. The molecule has 0 aromatic heterocycles. The maximum absolute atomic E-state index is 12.3. The molecule has 2 rings (SSSR count). The highest BCUT2D eigenvalue weighted by molar-refractivity contribution is 5.86. The molecule has 0 radical (unpaired) electrons. The molecule has 0 atom stereocenters. The Morgan fingerprint density at radius 3 is 2.58 bits per heavy atom. The van der Waals surface area contributed by atoms with Crippen LogP contribution in [0.15, 0.2) is 23.2 Å². The molecule has 1 N–H and O–H groups in total. The summed E-state index contributed by atoms with van der Waals surface area (Å²) in [6.07, 6.45) is -4.43. The fourth-order valence-electron chi connectivity index (χ4n) is 2.42. The van der Waals surface area contributed by atoms with E-state index in [2.05, 4.69) is 10.3 Å². The quantitative estimate of drug-likeness (QED) is 0.624. The van der Waals surface area contributed by atoms with Crippen molar-refractivity contribution in [3.63, 3.8) is 0 Å². The van der Waals surface area contributed by atoms with Crippen LogP contribution < -0.4 is 14.8 Å². The highest BCUT2D eigenvalue weighted by Gasteiger charge is 2.31. The fraction of sp³-hybridized carbons (Fsp3) is 0.500. The highest BCUT2D eigenvalue weighted by Crippen LogP contribution is 2.32. The number of likely N-dealkylation sites (N-methyl/N-ethyl adjacent to an activating group) is 1. The van der Waals surface area contributed by atoms with Gasteiger partial charge in [-0.3, -0.25) is 9.79 Å². The lowest BCUT2D eigenvalue weighted by atomic mass is 10.2. The number of aliphatic imine (C=N–C) groups is 1. The van der Waals surface area contributed by atoms with Crippen molar-refractivity contribution in [1.82, 2.24) is 15.1 Å². The molecule has 26 heavy (non-hydrogen) atoms. The van der Waals surface area contributed by atoms with E-state index in [9.17, 15) is 18.0 Å². The predicted molar refractivity (Wildman–Crippen MR) is 89.1 cm³/mol. The van der Waals surface area contributed by atoms with E-state index in [-0.39, 0.29) is 13.3 Å². The van der Waals surface area contributed by atoms with Gasteiger partial charge in [-0.15, -0.1) is 0 Å². The van der Waals surface area contributed by atoms with Gasteiger partial charge in [0.15, 0.2) is 17.5 Å². The molecule has 1 heterocycles. The van der Waals surface area contributed by atoms with Crippen LogP contribution in [0.4, 0.5) is 13.2 Å². The SMILES string of the molecule is CN=C(NCC(=O)N(C)CC(F)(F)F)N(C)Cc1ccc2c(c1)OCO2. The molecule has 0 aliphatic carbocycles. The molecule has 0 spiro atoms. The van der Waals surface area contributed by atoms with E-state index in [1.807, 2.05) is 12.1 Å². The van der Waals surface area contributed by atoms with Crippen molar-refractivity contribution in [2.45, 2.75) is 12.7 Å². The molecular formula is C16H21F3N4O3. The summed E-state index contributed by atoms with van der Waals surface area (Å²) in [5, 5.41) is 2.77. The molecule has 10 heteroatoms. The summed E-state index contributed by atoms with van der Waals surface area (Å²) in [5.41, 5.74) is 0.931. The van der Waals surface area contributed by atoms with Crippen LogP contribution in [0, 0.1) is 0 Å². The van der Waals surface area contributed by atoms with E-state index in [4.69, 9.17) is 9.47 Å². The van der Waals surface area contributed by atoms with Gasteiger partial charge in [0, 0.05) is 27.7 Å². The van der Waals surface area contributed by atoms with Crippen LogP contribution in [0.5, 0.6) is 11.5 Å². The lowest BCUT2D eigenvalue weighted by molar-refractivity contribution is -0.157. The average molecular weight is 374 g/mol. The summed E-state index contributed by atoms with van der Waals surface area (Å²) in [7, 11) is 4.39. The van der Waals surface area contributed by atoms with E-state index in [0.29, 0.717) is 28.9 Å². The number of hydrogen-bond acceptors (Lipinski definition) is 4. The van der Waals surface area contributed by atoms with Crippen molar-refractivity contribution in [3.8, 4) is 11.5 Å². The minimum absolute atomic E-state index is 0.186. The maximum atomic E-state index is 12.3. The van der Waals surface area contributed by atoms with Gasteiger partial charge >= 0.3 is 6.18 Å². The number of guanidine groups is 1. The number of carbonyl (C=O) groups excluding carboxylic acids is 1. The molecule has 144 valence electrons. The molecule has 1 aliphatic heterocycles. The Morgan fingerprint density at radius 1 is 1.23 bits per heavy atom. The van der Waals surface area contributed by atoms with E-state index < -0.39 is 18.6 Å². The normalized spacial score (nSPS) is 13.5. The highest BCUT2D eigenvalue weighted by atomic mass is 19.4. The Morgan fingerprint density at radius 2 is 1.92 bits per heavy atom. The van der Waals surface area contributed by atoms with E-state index in [1.54, 1.807) is 18.0 Å². The Kier molecular flexibility index (Phi) is 6.17. The topological polar surface area (TPSA) is 66.4 Å². The Balaban J connectivity index is 1.88. The molecule has 0 unspecified atom stereocenters. The first kappa shape index (κ1) is 19.7. The molecule has 0 saturated heterocycles. The minimum atomic E-state index is -4.43. The molecule has 1 aromatic carbocycles. The number of fused-ring (bicyclic) bond motifs is 1. The van der Waals surface area contributed by atoms with Crippen LogP contribution in [-0.4, -0.2) is 68.9 Å². The molecule has 0 fully saturated rings. The standard InChI is InChI=1S/C16H21F3N4O3/c1-20-15(21-7-14(24)23(3)9-16(17,18)19)22(2)8-11-4-5-12-13(6-11)26-10-25-12/h4-6H,7-10H2,1-3H3,(H,20,21). The van der Waals surface area contributed by atoms with Crippen molar-refractivity contribution in [1.29, 1.82) is 0 Å². The van der Waals surface area contributed by atoms with Gasteiger partial charge in [0.2, 0.25) is 12.7 Å². The number of carbonyl (C=O) groups is 1. The lowest BCUT2D eigenvalue weighted by Gasteiger charge is -2.24. The third-order valence-electron chi connectivity index (χ3n) is 3.67. The fourth-order valence-corrected chi connectivity index (χ4v) is 2.42. The first-order chi connectivity index (χ1) is 12.2. The van der Waals surface area contributed by atoms with Gasteiger partial charge < -0.3 is 24.6 Å². The number of nitrogens with zero attached hydrogens (tertiary/aromatic N) is 3. The number of benzene rings is 1. The van der Waals surface area contributed by atoms with Crippen LogP contribution in [0.2, 0.25) is 0 Å². The second-order valence-electron chi connectivity index (χ2n) is 5.81. The van der Waals surface area contributed by atoms with Gasteiger partial charge in [0.1, 0.15) is 6.54 Å². The van der Waals surface area contributed by atoms with Gasteiger partial charge in [-0.2, -0.15) is 13.2 Å². The Bertz CT molecular complexity index is 679. The zero-order valence-electron chi connectivity index (χ0n) is 14.8. The third kappa shape index (κ3) is 5.43.